The van der Waals surface area contributed by atoms with E-state index in [1.54, 1.807) is 0 Å². The van der Waals surface area contributed by atoms with Crippen LogP contribution in [0.1, 0.15) is 48.4 Å². The summed E-state index contributed by atoms with van der Waals surface area (Å²) in [7, 11) is 0. The number of rotatable bonds is 6. The van der Waals surface area contributed by atoms with Crippen LogP contribution in [0.5, 0.6) is 0 Å². The third-order valence-electron chi connectivity index (χ3n) is 11.9. The fraction of sp³-hybridized carbons (Fsp3) is 0.176. The molecule has 4 heteroatoms. The highest BCUT2D eigenvalue weighted by molar-refractivity contribution is 6.13. The number of allylic oxidation sites excluding steroid dienone is 10. The Morgan fingerprint density at radius 1 is 0.691 bits per heavy atom. The molecule has 10 rings (SSSR count). The lowest BCUT2D eigenvalue weighted by atomic mass is 9.86. The molecule has 2 aliphatic carbocycles. The smallest absolute Gasteiger partial charge is 0.137 e. The Hall–Kier alpha value is -6.10. The Bertz CT molecular complexity index is 2610. The first-order valence-electron chi connectivity index (χ1n) is 19.7. The van der Waals surface area contributed by atoms with Gasteiger partial charge in [0.2, 0.25) is 0 Å². The maximum atomic E-state index is 6.43. The number of benzene rings is 5. The van der Waals surface area contributed by atoms with Crippen molar-refractivity contribution < 1.29 is 4.42 Å². The van der Waals surface area contributed by atoms with E-state index in [0.29, 0.717) is 5.92 Å². The molecule has 0 fully saturated rings. The van der Waals surface area contributed by atoms with Gasteiger partial charge >= 0.3 is 0 Å². The second-order valence-electron chi connectivity index (χ2n) is 15.3. The van der Waals surface area contributed by atoms with Gasteiger partial charge in [0, 0.05) is 34.1 Å². The molecule has 55 heavy (non-hydrogen) atoms. The SMILES string of the molecule is Cc1ccc(-c2ccc(N(C3=CC=C(C4C=CC=CC4)CC3)c3ccc(N4c5c(ccc6oc7ccccc7c56)C5C=CCC=CC4N5)cc3)cc2)cc1C. The van der Waals surface area contributed by atoms with E-state index >= 15 is 0 Å². The second kappa shape index (κ2) is 14.0. The van der Waals surface area contributed by atoms with Crippen LogP contribution in [-0.2, 0) is 0 Å². The molecule has 6 aromatic rings. The summed E-state index contributed by atoms with van der Waals surface area (Å²) in [4.78, 5) is 4.93. The number of nitrogens with one attached hydrogen (secondary N) is 1. The van der Waals surface area contributed by atoms with Gasteiger partial charge in [-0.3, -0.25) is 5.32 Å². The van der Waals surface area contributed by atoms with Crippen molar-refractivity contribution in [3.63, 3.8) is 0 Å². The fourth-order valence-electron chi connectivity index (χ4n) is 8.86. The van der Waals surface area contributed by atoms with Gasteiger partial charge in [0.1, 0.15) is 17.3 Å². The van der Waals surface area contributed by atoms with Crippen molar-refractivity contribution in [2.45, 2.75) is 51.7 Å². The van der Waals surface area contributed by atoms with Gasteiger partial charge in [0.25, 0.3) is 0 Å². The van der Waals surface area contributed by atoms with Crippen LogP contribution in [-0.4, -0.2) is 6.17 Å². The van der Waals surface area contributed by atoms with Crippen LogP contribution in [0.3, 0.4) is 0 Å². The molecule has 2 aliphatic heterocycles. The largest absolute Gasteiger partial charge is 0.456 e. The normalized spacial score (nSPS) is 20.3. The van der Waals surface area contributed by atoms with Crippen LogP contribution in [0.15, 0.2) is 180 Å². The van der Waals surface area contributed by atoms with Crippen molar-refractivity contribution in [1.29, 1.82) is 0 Å². The first-order chi connectivity index (χ1) is 27.1. The Morgan fingerprint density at radius 3 is 2.27 bits per heavy atom. The van der Waals surface area contributed by atoms with E-state index in [-0.39, 0.29) is 12.2 Å². The van der Waals surface area contributed by atoms with Crippen LogP contribution in [0.4, 0.5) is 22.7 Å². The molecule has 270 valence electrons. The van der Waals surface area contributed by atoms with E-state index in [2.05, 4.69) is 193 Å². The van der Waals surface area contributed by atoms with E-state index in [0.717, 1.165) is 59.3 Å². The monoisotopic (exact) mass is 715 g/mol. The third-order valence-corrected chi connectivity index (χ3v) is 11.9. The number of hydrogen-bond acceptors (Lipinski definition) is 4. The molecule has 4 nitrogen and oxygen atoms in total. The minimum absolute atomic E-state index is 0.0186. The van der Waals surface area contributed by atoms with Gasteiger partial charge in [-0.15, -0.1) is 0 Å². The van der Waals surface area contributed by atoms with Gasteiger partial charge in [-0.05, 0) is 122 Å². The van der Waals surface area contributed by atoms with Crippen LogP contribution in [0, 0.1) is 19.8 Å². The number of nitrogens with zero attached hydrogens (tertiary/aromatic N) is 2. The van der Waals surface area contributed by atoms with E-state index < -0.39 is 0 Å². The zero-order chi connectivity index (χ0) is 36.9. The number of para-hydroxylation sites is 1. The van der Waals surface area contributed by atoms with Crippen molar-refractivity contribution in [3.05, 3.63) is 192 Å². The maximum Gasteiger partial charge on any atom is 0.137 e. The molecule has 0 amide bonds. The van der Waals surface area contributed by atoms with Crippen LogP contribution >= 0.6 is 0 Å². The summed E-state index contributed by atoms with van der Waals surface area (Å²) in [5.74, 6) is 0.491. The Kier molecular flexibility index (Phi) is 8.49. The number of aryl methyl sites for hydroxylation is 2. The number of anilines is 4. The summed E-state index contributed by atoms with van der Waals surface area (Å²) in [5.41, 5.74) is 15.7. The topological polar surface area (TPSA) is 31.6 Å². The van der Waals surface area contributed by atoms with Crippen molar-refractivity contribution in [1.82, 2.24) is 5.32 Å². The fourth-order valence-corrected chi connectivity index (χ4v) is 8.86. The minimum Gasteiger partial charge on any atom is -0.456 e. The lowest BCUT2D eigenvalue weighted by Crippen LogP contribution is -2.48. The van der Waals surface area contributed by atoms with Crippen molar-refractivity contribution >= 4 is 44.7 Å². The zero-order valence-electron chi connectivity index (χ0n) is 31.5. The van der Waals surface area contributed by atoms with Gasteiger partial charge in [-0.25, -0.2) is 0 Å². The lowest BCUT2D eigenvalue weighted by Gasteiger charge is -2.42. The highest BCUT2D eigenvalue weighted by Crippen LogP contribution is 2.48. The van der Waals surface area contributed by atoms with E-state index in [9.17, 15) is 0 Å². The van der Waals surface area contributed by atoms with Crippen LogP contribution < -0.4 is 15.1 Å². The summed E-state index contributed by atoms with van der Waals surface area (Å²) in [5, 5.41) is 6.24. The van der Waals surface area contributed by atoms with E-state index in [1.165, 1.54) is 50.2 Å². The molecule has 3 unspecified atom stereocenters. The molecule has 5 aromatic carbocycles. The Morgan fingerprint density at radius 2 is 1.49 bits per heavy atom. The number of hydrogen-bond donors (Lipinski definition) is 1. The highest BCUT2D eigenvalue weighted by Gasteiger charge is 2.34. The Labute approximate surface area is 323 Å². The number of furan rings is 1. The van der Waals surface area contributed by atoms with Crippen molar-refractivity contribution in [2.75, 3.05) is 9.80 Å². The molecular formula is C51H45N3O. The van der Waals surface area contributed by atoms with E-state index in [4.69, 9.17) is 4.42 Å². The summed E-state index contributed by atoms with van der Waals surface area (Å²) in [6.45, 7) is 4.37. The molecule has 1 aromatic heterocycles. The summed E-state index contributed by atoms with van der Waals surface area (Å²) < 4.78 is 6.43. The average molecular weight is 716 g/mol. The summed E-state index contributed by atoms with van der Waals surface area (Å²) in [6.07, 6.45) is 26.9. The predicted molar refractivity (Wildman–Crippen MR) is 230 cm³/mol. The predicted octanol–water partition coefficient (Wildman–Crippen LogP) is 13.4. The molecule has 0 spiro atoms. The zero-order valence-corrected chi connectivity index (χ0v) is 31.5. The third kappa shape index (κ3) is 6.07. The first-order valence-corrected chi connectivity index (χ1v) is 19.7. The van der Waals surface area contributed by atoms with Crippen molar-refractivity contribution in [2.24, 2.45) is 5.92 Å². The Balaban J connectivity index is 1.07. The molecule has 0 saturated heterocycles. The molecule has 2 bridgehead atoms. The van der Waals surface area contributed by atoms with E-state index in [1.807, 2.05) is 0 Å². The standard InChI is InChI=1S/C51H45N3O/c1-34-17-18-39(33-35(34)2)38-21-25-41(26-22-38)53(40-23-19-37(20-24-40)36-11-5-3-6-12-36)42-27-29-43(30-28-42)54-49-16-8-4-7-14-46(52-49)44-31-32-48-50(51(44)54)45-13-9-10-15-47(45)55-48/h3,5-11,13-19,21-23,25-33,36,46,49,52H,4,12,20,24H2,1-2H3. The summed E-state index contributed by atoms with van der Waals surface area (Å²) >= 11 is 0. The quantitative estimate of drug-likeness (QED) is 0.174. The molecular weight excluding hydrogens is 671 g/mol. The highest BCUT2D eigenvalue weighted by atomic mass is 16.3. The first kappa shape index (κ1) is 33.5. The van der Waals surface area contributed by atoms with Crippen molar-refractivity contribution in [3.8, 4) is 11.1 Å². The van der Waals surface area contributed by atoms with Gasteiger partial charge in [-0.1, -0.05) is 115 Å². The maximum absolute atomic E-state index is 6.43. The van der Waals surface area contributed by atoms with Crippen LogP contribution in [0.2, 0.25) is 0 Å². The van der Waals surface area contributed by atoms with Gasteiger partial charge < -0.3 is 14.2 Å². The minimum atomic E-state index is -0.0186. The van der Waals surface area contributed by atoms with Gasteiger partial charge in [0.05, 0.1) is 17.1 Å². The molecule has 0 saturated carbocycles. The van der Waals surface area contributed by atoms with Gasteiger partial charge in [-0.2, -0.15) is 0 Å². The second-order valence-corrected chi connectivity index (χ2v) is 15.3. The average Bonchev–Trinajstić information content (AvgIpc) is 3.61. The number of fused-ring (bicyclic) bond motifs is 8. The lowest BCUT2D eigenvalue weighted by molar-refractivity contribution is 0.520. The summed E-state index contributed by atoms with van der Waals surface area (Å²) in [6, 6.07) is 38.0. The molecule has 4 aliphatic rings. The molecule has 1 N–H and O–H groups in total. The molecule has 0 radical (unpaired) electrons. The van der Waals surface area contributed by atoms with Gasteiger partial charge in [0.15, 0.2) is 0 Å². The molecule has 3 atom stereocenters. The van der Waals surface area contributed by atoms with Crippen LogP contribution in [0.25, 0.3) is 33.1 Å². The molecule has 3 heterocycles.